The smallest absolute Gasteiger partial charge is 0.242 e. The van der Waals surface area contributed by atoms with Gasteiger partial charge >= 0.3 is 0 Å². The predicted molar refractivity (Wildman–Crippen MR) is 126 cm³/mol. The van der Waals surface area contributed by atoms with Gasteiger partial charge in [-0.05, 0) is 54.7 Å². The highest BCUT2D eigenvalue weighted by Crippen LogP contribution is 2.27. The molecule has 0 heterocycles. The lowest BCUT2D eigenvalue weighted by molar-refractivity contribution is -0.129. The molecular formula is C26H34FN3O2. The SMILES string of the molecule is Cc1ccccc1CC(=O)N[C@@H](CC1CCCCC1)C(=O)NCCNc1ccc(F)cc1. The summed E-state index contributed by atoms with van der Waals surface area (Å²) in [6.45, 7) is 2.93. The van der Waals surface area contributed by atoms with Crippen LogP contribution in [0.2, 0.25) is 0 Å². The van der Waals surface area contributed by atoms with Crippen molar-refractivity contribution >= 4 is 17.5 Å². The van der Waals surface area contributed by atoms with Crippen molar-refractivity contribution in [3.8, 4) is 0 Å². The van der Waals surface area contributed by atoms with Crippen LogP contribution in [-0.4, -0.2) is 30.9 Å². The summed E-state index contributed by atoms with van der Waals surface area (Å²) in [6, 6.07) is 13.4. The van der Waals surface area contributed by atoms with E-state index in [9.17, 15) is 14.0 Å². The molecule has 1 fully saturated rings. The fourth-order valence-corrected chi connectivity index (χ4v) is 4.30. The van der Waals surface area contributed by atoms with Gasteiger partial charge in [-0.15, -0.1) is 0 Å². The maximum atomic E-state index is 13.0. The Labute approximate surface area is 190 Å². The third-order valence-corrected chi connectivity index (χ3v) is 6.16. The second-order valence-electron chi connectivity index (χ2n) is 8.69. The normalized spacial score (nSPS) is 15.1. The van der Waals surface area contributed by atoms with Crippen LogP contribution < -0.4 is 16.0 Å². The molecule has 32 heavy (non-hydrogen) atoms. The Kier molecular flexibility index (Phi) is 9.08. The minimum Gasteiger partial charge on any atom is -0.383 e. The quantitative estimate of drug-likeness (QED) is 0.482. The summed E-state index contributed by atoms with van der Waals surface area (Å²) in [6.07, 6.45) is 6.81. The minimum absolute atomic E-state index is 0.125. The number of amides is 2. The standard InChI is InChI=1S/C26H34FN3O2/c1-19-7-5-6-10-21(19)18-25(31)30-24(17-20-8-3-2-4-9-20)26(32)29-16-15-28-23-13-11-22(27)12-14-23/h5-7,10-14,20,24,28H,2-4,8-9,15-18H2,1H3,(H,29,32)(H,30,31)/t24-/m0/s1. The monoisotopic (exact) mass is 439 g/mol. The van der Waals surface area contributed by atoms with Crippen molar-refractivity contribution in [2.45, 2.75) is 57.9 Å². The molecule has 1 atom stereocenters. The van der Waals surface area contributed by atoms with Crippen molar-refractivity contribution in [1.29, 1.82) is 0 Å². The van der Waals surface area contributed by atoms with Gasteiger partial charge in [-0.3, -0.25) is 9.59 Å². The highest BCUT2D eigenvalue weighted by molar-refractivity contribution is 5.88. The molecule has 172 valence electrons. The zero-order chi connectivity index (χ0) is 22.8. The Hall–Kier alpha value is -2.89. The van der Waals surface area contributed by atoms with Gasteiger partial charge in [0.05, 0.1) is 6.42 Å². The number of halogens is 1. The molecule has 2 amide bonds. The fourth-order valence-electron chi connectivity index (χ4n) is 4.30. The van der Waals surface area contributed by atoms with E-state index in [1.807, 2.05) is 31.2 Å². The lowest BCUT2D eigenvalue weighted by Gasteiger charge is -2.27. The maximum Gasteiger partial charge on any atom is 0.242 e. The summed E-state index contributed by atoms with van der Waals surface area (Å²) in [5.74, 6) is -0.0826. The van der Waals surface area contributed by atoms with E-state index in [2.05, 4.69) is 16.0 Å². The van der Waals surface area contributed by atoms with Crippen molar-refractivity contribution in [3.05, 3.63) is 65.5 Å². The Bertz CT molecular complexity index is 879. The van der Waals surface area contributed by atoms with Crippen molar-refractivity contribution in [2.75, 3.05) is 18.4 Å². The van der Waals surface area contributed by atoms with Crippen LogP contribution in [0.25, 0.3) is 0 Å². The van der Waals surface area contributed by atoms with Crippen molar-refractivity contribution in [3.63, 3.8) is 0 Å². The molecule has 0 unspecified atom stereocenters. The molecule has 0 aromatic heterocycles. The van der Waals surface area contributed by atoms with Crippen LogP contribution >= 0.6 is 0 Å². The van der Waals surface area contributed by atoms with Crippen LogP contribution in [0.1, 0.15) is 49.7 Å². The first-order chi connectivity index (χ1) is 15.5. The average Bonchev–Trinajstić information content (AvgIpc) is 2.79. The number of carbonyl (C=O) groups is 2. The van der Waals surface area contributed by atoms with Gasteiger partial charge < -0.3 is 16.0 Å². The van der Waals surface area contributed by atoms with E-state index in [-0.39, 0.29) is 24.1 Å². The Morgan fingerprint density at radius 3 is 2.44 bits per heavy atom. The summed E-state index contributed by atoms with van der Waals surface area (Å²) in [5.41, 5.74) is 2.85. The molecule has 3 rings (SSSR count). The van der Waals surface area contributed by atoms with Gasteiger partial charge in [-0.2, -0.15) is 0 Å². The highest BCUT2D eigenvalue weighted by Gasteiger charge is 2.25. The van der Waals surface area contributed by atoms with Crippen LogP contribution in [0, 0.1) is 18.7 Å². The molecule has 2 aromatic carbocycles. The third kappa shape index (κ3) is 7.66. The van der Waals surface area contributed by atoms with Crippen LogP contribution in [0.3, 0.4) is 0 Å². The lowest BCUT2D eigenvalue weighted by atomic mass is 9.84. The van der Waals surface area contributed by atoms with Gasteiger partial charge in [-0.1, -0.05) is 56.4 Å². The Morgan fingerprint density at radius 2 is 1.72 bits per heavy atom. The van der Waals surface area contributed by atoms with E-state index in [1.165, 1.54) is 31.4 Å². The minimum atomic E-state index is -0.527. The largest absolute Gasteiger partial charge is 0.383 e. The molecule has 2 aromatic rings. The zero-order valence-corrected chi connectivity index (χ0v) is 18.8. The van der Waals surface area contributed by atoms with Crippen molar-refractivity contribution in [2.24, 2.45) is 5.92 Å². The average molecular weight is 440 g/mol. The van der Waals surface area contributed by atoms with Gasteiger partial charge in [-0.25, -0.2) is 4.39 Å². The fraction of sp³-hybridized carbons (Fsp3) is 0.462. The van der Waals surface area contributed by atoms with Crippen LogP contribution in [-0.2, 0) is 16.0 Å². The van der Waals surface area contributed by atoms with Crippen LogP contribution in [0.5, 0.6) is 0 Å². The number of rotatable bonds is 10. The van der Waals surface area contributed by atoms with E-state index in [1.54, 1.807) is 12.1 Å². The summed E-state index contributed by atoms with van der Waals surface area (Å²) in [5, 5.41) is 9.09. The number of benzene rings is 2. The van der Waals surface area contributed by atoms with E-state index in [0.717, 1.165) is 29.7 Å². The topological polar surface area (TPSA) is 70.2 Å². The van der Waals surface area contributed by atoms with Gasteiger partial charge in [0.15, 0.2) is 0 Å². The molecule has 1 aliphatic carbocycles. The van der Waals surface area contributed by atoms with E-state index < -0.39 is 6.04 Å². The number of aryl methyl sites for hydroxylation is 1. The summed E-state index contributed by atoms with van der Waals surface area (Å²) >= 11 is 0. The first-order valence-electron chi connectivity index (χ1n) is 11.6. The number of hydrogen-bond donors (Lipinski definition) is 3. The molecule has 1 saturated carbocycles. The number of hydrogen-bond acceptors (Lipinski definition) is 3. The first-order valence-corrected chi connectivity index (χ1v) is 11.6. The number of carbonyl (C=O) groups excluding carboxylic acids is 2. The number of nitrogens with one attached hydrogen (secondary N) is 3. The molecule has 0 bridgehead atoms. The molecule has 3 N–H and O–H groups in total. The van der Waals surface area contributed by atoms with Gasteiger partial charge in [0.25, 0.3) is 0 Å². The van der Waals surface area contributed by atoms with Gasteiger partial charge in [0.2, 0.25) is 11.8 Å². The van der Waals surface area contributed by atoms with E-state index >= 15 is 0 Å². The maximum absolute atomic E-state index is 13.0. The summed E-state index contributed by atoms with van der Waals surface area (Å²) in [4.78, 5) is 25.7. The van der Waals surface area contributed by atoms with Crippen molar-refractivity contribution in [1.82, 2.24) is 10.6 Å². The molecule has 0 aliphatic heterocycles. The highest BCUT2D eigenvalue weighted by atomic mass is 19.1. The van der Waals surface area contributed by atoms with E-state index in [4.69, 9.17) is 0 Å². The van der Waals surface area contributed by atoms with Gasteiger partial charge in [0.1, 0.15) is 11.9 Å². The van der Waals surface area contributed by atoms with Crippen LogP contribution in [0.15, 0.2) is 48.5 Å². The van der Waals surface area contributed by atoms with Gasteiger partial charge in [0, 0.05) is 18.8 Å². The summed E-state index contributed by atoms with van der Waals surface area (Å²) in [7, 11) is 0. The van der Waals surface area contributed by atoms with Crippen LogP contribution in [0.4, 0.5) is 10.1 Å². The Balaban J connectivity index is 1.53. The molecule has 0 saturated heterocycles. The molecule has 0 spiro atoms. The van der Waals surface area contributed by atoms with E-state index in [0.29, 0.717) is 25.4 Å². The molecule has 5 nitrogen and oxygen atoms in total. The lowest BCUT2D eigenvalue weighted by Crippen LogP contribution is -2.49. The third-order valence-electron chi connectivity index (χ3n) is 6.16. The van der Waals surface area contributed by atoms with Crippen molar-refractivity contribution < 1.29 is 14.0 Å². The molecule has 1 aliphatic rings. The molecular weight excluding hydrogens is 405 g/mol. The first kappa shape index (κ1) is 23.8. The zero-order valence-electron chi connectivity index (χ0n) is 18.8. The second kappa shape index (κ2) is 12.2. The predicted octanol–water partition coefficient (Wildman–Crippen LogP) is 4.36. The Morgan fingerprint density at radius 1 is 1.00 bits per heavy atom. The summed E-state index contributed by atoms with van der Waals surface area (Å²) < 4.78 is 13.0. The molecule has 6 heteroatoms. The second-order valence-corrected chi connectivity index (χ2v) is 8.69. The number of anilines is 1. The molecule has 0 radical (unpaired) electrons.